The second kappa shape index (κ2) is 6.69. The van der Waals surface area contributed by atoms with Crippen molar-refractivity contribution >= 4 is 21.8 Å². The molecule has 114 valence electrons. The highest BCUT2D eigenvalue weighted by Crippen LogP contribution is 2.34. The monoisotopic (exact) mass is 353 g/mol. The number of para-hydroxylation sites is 1. The lowest BCUT2D eigenvalue weighted by Crippen LogP contribution is -2.32. The summed E-state index contributed by atoms with van der Waals surface area (Å²) in [6.45, 7) is 1.76. The maximum absolute atomic E-state index is 12.4. The average Bonchev–Trinajstić information content (AvgIpc) is 2.99. The van der Waals surface area contributed by atoms with Crippen LogP contribution in [0.3, 0.4) is 0 Å². The number of ether oxygens (including phenoxy) is 2. The van der Waals surface area contributed by atoms with E-state index in [9.17, 15) is 4.79 Å². The Kier molecular flexibility index (Phi) is 4.68. The number of hydrogen-bond donors (Lipinski definition) is 1. The minimum atomic E-state index is -0.0717. The fourth-order valence-electron chi connectivity index (χ4n) is 3.16. The van der Waals surface area contributed by atoms with Crippen molar-refractivity contribution in [2.45, 2.75) is 19.3 Å². The first kappa shape index (κ1) is 14.7. The predicted molar refractivity (Wildman–Crippen MR) is 84.4 cm³/mol. The van der Waals surface area contributed by atoms with Gasteiger partial charge in [-0.2, -0.15) is 0 Å². The fourth-order valence-corrected chi connectivity index (χ4v) is 4.01. The van der Waals surface area contributed by atoms with Crippen LogP contribution < -0.4 is 14.8 Å². The Hall–Kier alpha value is -1.23. The predicted octanol–water partition coefficient (Wildman–Crippen LogP) is 3.00. The molecule has 3 rings (SSSR count). The summed E-state index contributed by atoms with van der Waals surface area (Å²) in [6.07, 6.45) is 3.71. The third kappa shape index (κ3) is 3.18. The Balaban J connectivity index is 1.66. The van der Waals surface area contributed by atoms with E-state index in [1.165, 1.54) is 19.3 Å². The van der Waals surface area contributed by atoms with Gasteiger partial charge in [0.2, 0.25) is 0 Å². The number of carbonyl (C=O) groups is 1. The molecule has 0 saturated heterocycles. The van der Waals surface area contributed by atoms with Crippen LogP contribution in [0.2, 0.25) is 0 Å². The fraction of sp³-hybridized carbons (Fsp3) is 0.562. The number of amides is 1. The van der Waals surface area contributed by atoms with Crippen LogP contribution in [0.4, 0.5) is 0 Å². The van der Waals surface area contributed by atoms with Crippen molar-refractivity contribution in [2.75, 3.05) is 25.1 Å². The summed E-state index contributed by atoms with van der Waals surface area (Å²) < 4.78 is 11.1. The molecule has 21 heavy (non-hydrogen) atoms. The third-order valence-corrected chi connectivity index (χ3v) is 5.18. The largest absolute Gasteiger partial charge is 0.486 e. The molecule has 1 amide bonds. The van der Waals surface area contributed by atoms with Gasteiger partial charge < -0.3 is 14.8 Å². The molecule has 0 aromatic heterocycles. The van der Waals surface area contributed by atoms with E-state index < -0.39 is 0 Å². The normalized spacial score (nSPS) is 23.9. The molecule has 2 atom stereocenters. The second-order valence-electron chi connectivity index (χ2n) is 5.65. The maximum atomic E-state index is 12.4. The van der Waals surface area contributed by atoms with E-state index >= 15 is 0 Å². The summed E-state index contributed by atoms with van der Waals surface area (Å²) >= 11 is 3.57. The molecular formula is C16H20BrNO3. The lowest BCUT2D eigenvalue weighted by molar-refractivity contribution is 0.0933. The third-order valence-electron chi connectivity index (χ3n) is 4.35. The number of hydrogen-bond acceptors (Lipinski definition) is 3. The highest BCUT2D eigenvalue weighted by molar-refractivity contribution is 9.09. The molecule has 1 heterocycles. The Morgan fingerprint density at radius 3 is 2.90 bits per heavy atom. The van der Waals surface area contributed by atoms with Gasteiger partial charge in [0.15, 0.2) is 11.5 Å². The molecule has 0 bridgehead atoms. The smallest absolute Gasteiger partial charge is 0.255 e. The van der Waals surface area contributed by atoms with Crippen LogP contribution in [-0.4, -0.2) is 31.0 Å². The standard InChI is InChI=1S/C16H20BrNO3/c17-9-11-3-1-4-12(11)10-18-16(19)13-5-2-6-14-15(13)21-8-7-20-14/h2,5-6,11-12H,1,3-4,7-10H2,(H,18,19). The Bertz CT molecular complexity index is 520. The van der Waals surface area contributed by atoms with E-state index in [0.29, 0.717) is 42.1 Å². The van der Waals surface area contributed by atoms with Crippen LogP contribution in [0.15, 0.2) is 18.2 Å². The van der Waals surface area contributed by atoms with Crippen molar-refractivity contribution in [3.05, 3.63) is 23.8 Å². The highest BCUT2D eigenvalue weighted by atomic mass is 79.9. The lowest BCUT2D eigenvalue weighted by atomic mass is 9.98. The first-order valence-electron chi connectivity index (χ1n) is 7.52. The van der Waals surface area contributed by atoms with E-state index in [1.807, 2.05) is 12.1 Å². The van der Waals surface area contributed by atoms with Crippen LogP contribution in [-0.2, 0) is 0 Å². The summed E-state index contributed by atoms with van der Waals surface area (Å²) in [5.41, 5.74) is 0.570. The van der Waals surface area contributed by atoms with Gasteiger partial charge >= 0.3 is 0 Å². The minimum absolute atomic E-state index is 0.0717. The van der Waals surface area contributed by atoms with Crippen molar-refractivity contribution in [1.29, 1.82) is 0 Å². The van der Waals surface area contributed by atoms with Crippen molar-refractivity contribution in [1.82, 2.24) is 5.32 Å². The molecule has 2 unspecified atom stereocenters. The number of carbonyl (C=O) groups excluding carboxylic acids is 1. The highest BCUT2D eigenvalue weighted by Gasteiger charge is 2.27. The molecule has 0 spiro atoms. The summed E-state index contributed by atoms with van der Waals surface area (Å²) in [7, 11) is 0. The molecule has 1 aromatic carbocycles. The van der Waals surface area contributed by atoms with Gasteiger partial charge in [0.05, 0.1) is 5.56 Å². The molecular weight excluding hydrogens is 334 g/mol. The SMILES string of the molecule is O=C(NCC1CCCC1CBr)c1cccc2c1OCCO2. The summed E-state index contributed by atoms with van der Waals surface area (Å²) in [4.78, 5) is 12.4. The average molecular weight is 354 g/mol. The summed E-state index contributed by atoms with van der Waals surface area (Å²) in [6, 6.07) is 5.46. The Labute approximate surface area is 133 Å². The molecule has 4 nitrogen and oxygen atoms in total. The van der Waals surface area contributed by atoms with Crippen molar-refractivity contribution in [3.8, 4) is 11.5 Å². The topological polar surface area (TPSA) is 47.6 Å². The second-order valence-corrected chi connectivity index (χ2v) is 6.29. The molecule has 1 saturated carbocycles. The minimum Gasteiger partial charge on any atom is -0.486 e. The number of alkyl halides is 1. The van der Waals surface area contributed by atoms with E-state index in [0.717, 1.165) is 11.9 Å². The maximum Gasteiger partial charge on any atom is 0.255 e. The summed E-state index contributed by atoms with van der Waals surface area (Å²) in [5.74, 6) is 2.41. The van der Waals surface area contributed by atoms with Crippen LogP contribution in [0.1, 0.15) is 29.6 Å². The summed E-state index contributed by atoms with van der Waals surface area (Å²) in [5, 5.41) is 4.08. The van der Waals surface area contributed by atoms with E-state index in [-0.39, 0.29) is 5.91 Å². The van der Waals surface area contributed by atoms with Crippen LogP contribution in [0, 0.1) is 11.8 Å². The lowest BCUT2D eigenvalue weighted by Gasteiger charge is -2.21. The molecule has 0 radical (unpaired) electrons. The number of benzene rings is 1. The van der Waals surface area contributed by atoms with Crippen molar-refractivity contribution < 1.29 is 14.3 Å². The molecule has 1 aromatic rings. The number of rotatable bonds is 4. The number of fused-ring (bicyclic) bond motifs is 1. The van der Waals surface area contributed by atoms with E-state index in [2.05, 4.69) is 21.2 Å². The van der Waals surface area contributed by atoms with E-state index in [4.69, 9.17) is 9.47 Å². The first-order chi connectivity index (χ1) is 10.3. The van der Waals surface area contributed by atoms with Gasteiger partial charge in [0.1, 0.15) is 13.2 Å². The molecule has 5 heteroatoms. The Morgan fingerprint density at radius 2 is 2.05 bits per heavy atom. The Morgan fingerprint density at radius 1 is 1.24 bits per heavy atom. The van der Waals surface area contributed by atoms with Gasteiger partial charge in [-0.1, -0.05) is 28.4 Å². The van der Waals surface area contributed by atoms with Crippen LogP contribution in [0.25, 0.3) is 0 Å². The van der Waals surface area contributed by atoms with E-state index in [1.54, 1.807) is 6.07 Å². The zero-order valence-electron chi connectivity index (χ0n) is 11.9. The zero-order valence-corrected chi connectivity index (χ0v) is 13.5. The van der Waals surface area contributed by atoms with Crippen LogP contribution >= 0.6 is 15.9 Å². The number of halogens is 1. The van der Waals surface area contributed by atoms with Gasteiger partial charge in [-0.3, -0.25) is 4.79 Å². The molecule has 1 fully saturated rings. The quantitative estimate of drug-likeness (QED) is 0.846. The molecule has 1 aliphatic carbocycles. The van der Waals surface area contributed by atoms with Gasteiger partial charge in [-0.15, -0.1) is 0 Å². The van der Waals surface area contributed by atoms with Crippen molar-refractivity contribution in [3.63, 3.8) is 0 Å². The first-order valence-corrected chi connectivity index (χ1v) is 8.64. The van der Waals surface area contributed by atoms with Crippen LogP contribution in [0.5, 0.6) is 11.5 Å². The van der Waals surface area contributed by atoms with Gasteiger partial charge in [0, 0.05) is 11.9 Å². The number of nitrogens with one attached hydrogen (secondary N) is 1. The van der Waals surface area contributed by atoms with Gasteiger partial charge in [-0.05, 0) is 36.8 Å². The molecule has 2 aliphatic rings. The van der Waals surface area contributed by atoms with Gasteiger partial charge in [-0.25, -0.2) is 0 Å². The van der Waals surface area contributed by atoms with Gasteiger partial charge in [0.25, 0.3) is 5.91 Å². The molecule has 1 N–H and O–H groups in total. The zero-order chi connectivity index (χ0) is 14.7. The van der Waals surface area contributed by atoms with Crippen molar-refractivity contribution in [2.24, 2.45) is 11.8 Å². The molecule has 1 aliphatic heterocycles.